The molecule has 1 aliphatic rings. The summed E-state index contributed by atoms with van der Waals surface area (Å²) in [6.45, 7) is 2.78. The zero-order valence-corrected chi connectivity index (χ0v) is 14.9. The van der Waals surface area contributed by atoms with E-state index in [4.69, 9.17) is 11.6 Å². The topological polar surface area (TPSA) is 44.4 Å². The highest BCUT2D eigenvalue weighted by Gasteiger charge is 2.31. The predicted molar refractivity (Wildman–Crippen MR) is 92.8 cm³/mol. The summed E-state index contributed by atoms with van der Waals surface area (Å²) in [6.07, 6.45) is -1.30. The summed E-state index contributed by atoms with van der Waals surface area (Å²) in [5, 5.41) is 5.72. The van der Waals surface area contributed by atoms with Crippen LogP contribution in [0.1, 0.15) is 24.8 Å². The van der Waals surface area contributed by atoms with E-state index in [9.17, 15) is 18.0 Å². The molecule has 8 heteroatoms. The van der Waals surface area contributed by atoms with Gasteiger partial charge in [-0.1, -0.05) is 11.6 Å². The van der Waals surface area contributed by atoms with E-state index in [1.807, 2.05) is 11.9 Å². The summed E-state index contributed by atoms with van der Waals surface area (Å²) in [7, 11) is 1.93. The van der Waals surface area contributed by atoms with Crippen molar-refractivity contribution in [2.45, 2.75) is 25.4 Å². The summed E-state index contributed by atoms with van der Waals surface area (Å²) in [5.41, 5.74) is -0.844. The van der Waals surface area contributed by atoms with Gasteiger partial charge in [0, 0.05) is 0 Å². The van der Waals surface area contributed by atoms with Gasteiger partial charge in [-0.25, -0.2) is 0 Å². The number of halogens is 4. The molecule has 4 nitrogen and oxygen atoms in total. The smallest absolute Gasteiger partial charge is 0.324 e. The van der Waals surface area contributed by atoms with Crippen molar-refractivity contribution < 1.29 is 18.0 Å². The number of alkyl halides is 3. The number of amides is 1. The lowest BCUT2D eigenvalue weighted by molar-refractivity contribution is -0.137. The first-order valence-electron chi connectivity index (χ1n) is 8.33. The van der Waals surface area contributed by atoms with Crippen molar-refractivity contribution in [2.75, 3.05) is 38.5 Å². The van der Waals surface area contributed by atoms with Gasteiger partial charge in [0.2, 0.25) is 5.91 Å². The van der Waals surface area contributed by atoms with E-state index in [2.05, 4.69) is 10.6 Å². The predicted octanol–water partition coefficient (Wildman–Crippen LogP) is 3.62. The number of likely N-dealkylation sites (tertiary alicyclic amines) is 1. The normalized spacial score (nSPS) is 16.8. The number of rotatable bonds is 6. The van der Waals surface area contributed by atoms with Gasteiger partial charge in [0.05, 0.1) is 22.8 Å². The molecular formula is C17H23ClF3N3O. The van der Waals surface area contributed by atoms with Gasteiger partial charge in [0.25, 0.3) is 0 Å². The van der Waals surface area contributed by atoms with Gasteiger partial charge < -0.3 is 10.6 Å². The van der Waals surface area contributed by atoms with Crippen LogP contribution in [0.5, 0.6) is 0 Å². The fourth-order valence-electron chi connectivity index (χ4n) is 2.97. The average Bonchev–Trinajstić information content (AvgIpc) is 2.55. The SMILES string of the molecule is CNCCC1CCN(CC(=O)Nc2cc(C(F)(F)F)ccc2Cl)CC1. The molecule has 1 aromatic rings. The third kappa shape index (κ3) is 6.17. The van der Waals surface area contributed by atoms with E-state index in [1.54, 1.807) is 0 Å². The summed E-state index contributed by atoms with van der Waals surface area (Å²) in [4.78, 5) is 14.2. The third-order valence-corrected chi connectivity index (χ3v) is 4.77. The molecule has 25 heavy (non-hydrogen) atoms. The Labute approximate surface area is 150 Å². The molecule has 1 heterocycles. The van der Waals surface area contributed by atoms with E-state index in [-0.39, 0.29) is 23.2 Å². The van der Waals surface area contributed by atoms with Crippen LogP contribution in [0.25, 0.3) is 0 Å². The number of hydrogen-bond acceptors (Lipinski definition) is 3. The van der Waals surface area contributed by atoms with Crippen LogP contribution in [-0.4, -0.2) is 44.0 Å². The van der Waals surface area contributed by atoms with Crippen LogP contribution < -0.4 is 10.6 Å². The van der Waals surface area contributed by atoms with Crippen molar-refractivity contribution in [1.82, 2.24) is 10.2 Å². The fourth-order valence-corrected chi connectivity index (χ4v) is 3.14. The van der Waals surface area contributed by atoms with E-state index in [1.165, 1.54) is 0 Å². The van der Waals surface area contributed by atoms with Gasteiger partial charge in [-0.15, -0.1) is 0 Å². The highest BCUT2D eigenvalue weighted by Crippen LogP contribution is 2.33. The quantitative estimate of drug-likeness (QED) is 0.795. The zero-order valence-electron chi connectivity index (χ0n) is 14.1. The molecular weight excluding hydrogens is 355 g/mol. The van der Waals surface area contributed by atoms with Crippen LogP contribution in [0, 0.1) is 5.92 Å². The minimum absolute atomic E-state index is 0.00889. The van der Waals surface area contributed by atoms with E-state index in [0.29, 0.717) is 5.92 Å². The van der Waals surface area contributed by atoms with Crippen molar-refractivity contribution in [3.05, 3.63) is 28.8 Å². The molecule has 1 fully saturated rings. The second-order valence-corrected chi connectivity index (χ2v) is 6.76. The van der Waals surface area contributed by atoms with Crippen molar-refractivity contribution in [1.29, 1.82) is 0 Å². The minimum Gasteiger partial charge on any atom is -0.324 e. The van der Waals surface area contributed by atoms with Crippen LogP contribution in [0.4, 0.5) is 18.9 Å². The highest BCUT2D eigenvalue weighted by atomic mass is 35.5. The number of carbonyl (C=O) groups excluding carboxylic acids is 1. The second-order valence-electron chi connectivity index (χ2n) is 6.35. The maximum atomic E-state index is 12.8. The van der Waals surface area contributed by atoms with E-state index < -0.39 is 11.7 Å². The summed E-state index contributed by atoms with van der Waals surface area (Å²) >= 11 is 5.90. The van der Waals surface area contributed by atoms with Crippen molar-refractivity contribution in [3.8, 4) is 0 Å². The number of anilines is 1. The Hall–Kier alpha value is -1.31. The van der Waals surface area contributed by atoms with Crippen LogP contribution in [0.2, 0.25) is 5.02 Å². The number of nitrogens with zero attached hydrogens (tertiary/aromatic N) is 1. The molecule has 0 aliphatic carbocycles. The molecule has 0 aromatic heterocycles. The molecule has 0 unspecified atom stereocenters. The number of nitrogens with one attached hydrogen (secondary N) is 2. The Morgan fingerprint density at radius 3 is 2.60 bits per heavy atom. The minimum atomic E-state index is -4.47. The van der Waals surface area contributed by atoms with Crippen LogP contribution in [0.3, 0.4) is 0 Å². The monoisotopic (exact) mass is 377 g/mol. The Kier molecular flexibility index (Phi) is 7.10. The molecule has 2 rings (SSSR count). The number of benzene rings is 1. The Bertz CT molecular complexity index is 587. The molecule has 140 valence electrons. The standard InChI is InChI=1S/C17H23ClF3N3O/c1-22-7-4-12-5-8-24(9-6-12)11-16(25)23-15-10-13(17(19,20)21)2-3-14(15)18/h2-3,10,12,22H,4-9,11H2,1H3,(H,23,25). The zero-order chi connectivity index (χ0) is 18.4. The van der Waals surface area contributed by atoms with Crippen molar-refractivity contribution in [2.24, 2.45) is 5.92 Å². The maximum Gasteiger partial charge on any atom is 0.416 e. The first-order valence-corrected chi connectivity index (χ1v) is 8.71. The first-order chi connectivity index (χ1) is 11.8. The lowest BCUT2D eigenvalue weighted by Gasteiger charge is -2.31. The van der Waals surface area contributed by atoms with Gasteiger partial charge in [0.15, 0.2) is 0 Å². The van der Waals surface area contributed by atoms with Crippen LogP contribution >= 0.6 is 11.6 Å². The average molecular weight is 378 g/mol. The van der Waals surface area contributed by atoms with Crippen LogP contribution in [-0.2, 0) is 11.0 Å². The molecule has 1 amide bonds. The molecule has 0 atom stereocenters. The molecule has 0 spiro atoms. The van der Waals surface area contributed by atoms with Gasteiger partial charge in [-0.2, -0.15) is 13.2 Å². The largest absolute Gasteiger partial charge is 0.416 e. The summed E-state index contributed by atoms with van der Waals surface area (Å²) < 4.78 is 38.3. The number of piperidine rings is 1. The van der Waals surface area contributed by atoms with E-state index >= 15 is 0 Å². The van der Waals surface area contributed by atoms with Gasteiger partial charge in [0.1, 0.15) is 0 Å². The van der Waals surface area contributed by atoms with Crippen LogP contribution in [0.15, 0.2) is 18.2 Å². The molecule has 1 aliphatic heterocycles. The lowest BCUT2D eigenvalue weighted by atomic mass is 9.93. The maximum absolute atomic E-state index is 12.8. The van der Waals surface area contributed by atoms with Crippen molar-refractivity contribution in [3.63, 3.8) is 0 Å². The Morgan fingerprint density at radius 2 is 2.00 bits per heavy atom. The van der Waals surface area contributed by atoms with Gasteiger partial charge in [-0.05, 0) is 70.1 Å². The number of carbonyl (C=O) groups is 1. The van der Waals surface area contributed by atoms with E-state index in [0.717, 1.165) is 57.1 Å². The molecule has 0 radical (unpaired) electrons. The third-order valence-electron chi connectivity index (χ3n) is 4.44. The Morgan fingerprint density at radius 1 is 1.32 bits per heavy atom. The highest BCUT2D eigenvalue weighted by molar-refractivity contribution is 6.33. The van der Waals surface area contributed by atoms with Gasteiger partial charge >= 0.3 is 6.18 Å². The lowest BCUT2D eigenvalue weighted by Crippen LogP contribution is -2.39. The molecule has 1 aromatic carbocycles. The summed E-state index contributed by atoms with van der Waals surface area (Å²) in [6, 6.07) is 2.91. The second kappa shape index (κ2) is 8.87. The fraction of sp³-hybridized carbons (Fsp3) is 0.588. The molecule has 2 N–H and O–H groups in total. The Balaban J connectivity index is 1.87. The molecule has 0 bridgehead atoms. The van der Waals surface area contributed by atoms with Crippen molar-refractivity contribution >= 4 is 23.2 Å². The van der Waals surface area contributed by atoms with Gasteiger partial charge in [-0.3, -0.25) is 9.69 Å². The first kappa shape index (κ1) is 20.0. The summed E-state index contributed by atoms with van der Waals surface area (Å²) in [5.74, 6) is 0.305. The molecule has 1 saturated heterocycles. The molecule has 0 saturated carbocycles. The number of hydrogen-bond donors (Lipinski definition) is 2.